The van der Waals surface area contributed by atoms with E-state index in [4.69, 9.17) is 0 Å². The molecule has 2 heterocycles. The Morgan fingerprint density at radius 2 is 1.74 bits per heavy atom. The summed E-state index contributed by atoms with van der Waals surface area (Å²) in [5.41, 5.74) is 2.59. The summed E-state index contributed by atoms with van der Waals surface area (Å²) in [7, 11) is 1.98. The minimum Gasteiger partial charge on any atom is -0.357 e. The topological polar surface area (TPSA) is 32.0 Å². The van der Waals surface area contributed by atoms with Gasteiger partial charge in [0.15, 0.2) is 0 Å². The molecule has 0 spiro atoms. The number of nitrogens with zero attached hydrogens (tertiary/aromatic N) is 3. The van der Waals surface area contributed by atoms with Gasteiger partial charge in [0.2, 0.25) is 0 Å². The monoisotopic (exact) mass is 257 g/mol. The lowest BCUT2D eigenvalue weighted by Crippen LogP contribution is -2.21. The number of hydrogen-bond donors (Lipinski definition) is 0. The van der Waals surface area contributed by atoms with Crippen molar-refractivity contribution in [2.75, 3.05) is 18.0 Å². The minimum atomic E-state index is 0.722. The van der Waals surface area contributed by atoms with Gasteiger partial charge in [0.05, 0.1) is 5.69 Å². The second-order valence-electron chi connectivity index (χ2n) is 4.27. The summed E-state index contributed by atoms with van der Waals surface area (Å²) in [6.45, 7) is 13.7. The summed E-state index contributed by atoms with van der Waals surface area (Å²) in [5.74, 6) is 1.01. The molecule has 3 nitrogen and oxygen atoms in total. The van der Waals surface area contributed by atoms with Crippen LogP contribution < -0.4 is 4.90 Å². The molecule has 1 aromatic heterocycles. The van der Waals surface area contributed by atoms with E-state index in [0.717, 1.165) is 35.7 Å². The molecule has 0 bridgehead atoms. The first-order chi connectivity index (χ1) is 9.24. The van der Waals surface area contributed by atoms with Crippen molar-refractivity contribution in [3.05, 3.63) is 30.0 Å². The molecule has 1 saturated heterocycles. The third kappa shape index (κ3) is 2.58. The smallest absolute Gasteiger partial charge is 0.127 e. The van der Waals surface area contributed by atoms with E-state index in [1.54, 1.807) is 12.2 Å². The van der Waals surface area contributed by atoms with Crippen LogP contribution in [0.2, 0.25) is 0 Å². The first-order valence-electron chi connectivity index (χ1n) is 6.87. The zero-order chi connectivity index (χ0) is 14.4. The van der Waals surface area contributed by atoms with Gasteiger partial charge in [0.1, 0.15) is 17.5 Å². The molecular weight excluding hydrogens is 234 g/mol. The van der Waals surface area contributed by atoms with Crippen molar-refractivity contribution in [1.29, 1.82) is 5.26 Å². The number of aromatic nitrogens is 1. The Morgan fingerprint density at radius 3 is 2.16 bits per heavy atom. The van der Waals surface area contributed by atoms with Crippen molar-refractivity contribution in [2.45, 2.75) is 26.7 Å². The van der Waals surface area contributed by atoms with Crippen LogP contribution in [0.3, 0.4) is 0 Å². The molecule has 19 heavy (non-hydrogen) atoms. The van der Waals surface area contributed by atoms with Gasteiger partial charge in [-0.05, 0) is 18.9 Å². The van der Waals surface area contributed by atoms with Crippen LogP contribution in [0, 0.1) is 11.3 Å². The lowest BCUT2D eigenvalue weighted by molar-refractivity contribution is 0.834. The van der Waals surface area contributed by atoms with E-state index >= 15 is 0 Å². The number of hydrogen-bond acceptors (Lipinski definition) is 2. The predicted octanol–water partition coefficient (Wildman–Crippen LogP) is 3.81. The van der Waals surface area contributed by atoms with Gasteiger partial charge in [0.25, 0.3) is 0 Å². The minimum absolute atomic E-state index is 0.722. The molecule has 0 unspecified atom stereocenters. The van der Waals surface area contributed by atoms with Crippen LogP contribution in [0.15, 0.2) is 13.2 Å². The van der Waals surface area contributed by atoms with E-state index in [1.807, 2.05) is 25.5 Å². The Hall–Kier alpha value is -1.95. The number of nitriles is 1. The molecule has 102 valence electrons. The average Bonchev–Trinajstić information content (AvgIpc) is 3.05. The maximum atomic E-state index is 9.35. The van der Waals surface area contributed by atoms with Gasteiger partial charge < -0.3 is 9.47 Å². The summed E-state index contributed by atoms with van der Waals surface area (Å²) in [5, 5.41) is 9.35. The predicted molar refractivity (Wildman–Crippen MR) is 83.1 cm³/mol. The first kappa shape index (κ1) is 15.1. The lowest BCUT2D eigenvalue weighted by Gasteiger charge is -2.19. The Balaban J connectivity index is 0.000000861. The number of rotatable bonds is 3. The molecule has 1 fully saturated rings. The molecule has 0 atom stereocenters. The zero-order valence-corrected chi connectivity index (χ0v) is 12.2. The van der Waals surface area contributed by atoms with Crippen molar-refractivity contribution >= 4 is 18.0 Å². The fourth-order valence-electron chi connectivity index (χ4n) is 2.57. The summed E-state index contributed by atoms with van der Waals surface area (Å²) in [6, 6.07) is 2.31. The Morgan fingerprint density at radius 1 is 1.16 bits per heavy atom. The van der Waals surface area contributed by atoms with E-state index < -0.39 is 0 Å². The van der Waals surface area contributed by atoms with Gasteiger partial charge in [-0.15, -0.1) is 0 Å². The van der Waals surface area contributed by atoms with Crippen LogP contribution in [0.4, 0.5) is 5.82 Å². The van der Waals surface area contributed by atoms with Gasteiger partial charge in [-0.25, -0.2) is 0 Å². The fraction of sp³-hybridized carbons (Fsp3) is 0.438. The van der Waals surface area contributed by atoms with Gasteiger partial charge in [-0.2, -0.15) is 5.26 Å². The summed E-state index contributed by atoms with van der Waals surface area (Å²) < 4.78 is 2.05. The van der Waals surface area contributed by atoms with E-state index in [2.05, 4.69) is 24.1 Å². The van der Waals surface area contributed by atoms with E-state index in [0.29, 0.717) is 0 Å². The maximum absolute atomic E-state index is 9.35. The second-order valence-corrected chi connectivity index (χ2v) is 4.27. The first-order valence-corrected chi connectivity index (χ1v) is 6.87. The van der Waals surface area contributed by atoms with Crippen LogP contribution in [0.25, 0.3) is 12.2 Å². The molecule has 0 radical (unpaired) electrons. The van der Waals surface area contributed by atoms with Crippen molar-refractivity contribution < 1.29 is 0 Å². The molecule has 0 aliphatic carbocycles. The average molecular weight is 257 g/mol. The number of anilines is 1. The highest BCUT2D eigenvalue weighted by atomic mass is 15.2. The van der Waals surface area contributed by atoms with Crippen LogP contribution in [-0.4, -0.2) is 17.7 Å². The van der Waals surface area contributed by atoms with Crippen molar-refractivity contribution in [3.63, 3.8) is 0 Å². The third-order valence-electron chi connectivity index (χ3n) is 3.36. The van der Waals surface area contributed by atoms with Crippen molar-refractivity contribution in [3.8, 4) is 6.07 Å². The van der Waals surface area contributed by atoms with E-state index in [9.17, 15) is 5.26 Å². The van der Waals surface area contributed by atoms with Crippen molar-refractivity contribution in [2.24, 2.45) is 7.05 Å². The Labute approximate surface area is 116 Å². The molecule has 1 aromatic rings. The van der Waals surface area contributed by atoms with E-state index in [1.165, 1.54) is 12.8 Å². The second kappa shape index (κ2) is 6.84. The largest absolute Gasteiger partial charge is 0.357 e. The highest BCUT2D eigenvalue weighted by Crippen LogP contribution is 2.32. The molecule has 0 N–H and O–H groups in total. The third-order valence-corrected chi connectivity index (χ3v) is 3.36. The van der Waals surface area contributed by atoms with Crippen LogP contribution in [0.5, 0.6) is 0 Å². The molecule has 1 aliphatic heterocycles. The fourth-order valence-corrected chi connectivity index (χ4v) is 2.57. The molecule has 0 amide bonds. The highest BCUT2D eigenvalue weighted by molar-refractivity contribution is 5.76. The Kier molecular flexibility index (Phi) is 5.44. The maximum Gasteiger partial charge on any atom is 0.127 e. The molecular formula is C16H23N3. The van der Waals surface area contributed by atoms with Gasteiger partial charge in [-0.1, -0.05) is 33.1 Å². The van der Waals surface area contributed by atoms with Crippen molar-refractivity contribution in [1.82, 2.24) is 4.57 Å². The molecule has 1 aliphatic rings. The molecule has 0 saturated carbocycles. The highest BCUT2D eigenvalue weighted by Gasteiger charge is 2.24. The van der Waals surface area contributed by atoms with Gasteiger partial charge in [0, 0.05) is 25.7 Å². The van der Waals surface area contributed by atoms with Crippen LogP contribution >= 0.6 is 0 Å². The molecule has 3 heteroatoms. The van der Waals surface area contributed by atoms with Crippen LogP contribution in [-0.2, 0) is 7.05 Å². The zero-order valence-electron chi connectivity index (χ0n) is 12.2. The summed E-state index contributed by atoms with van der Waals surface area (Å²) in [6.07, 6.45) is 5.93. The Bertz CT molecular complexity index is 497. The van der Waals surface area contributed by atoms with Crippen LogP contribution in [0.1, 0.15) is 43.5 Å². The SMILES string of the molecule is C=Cc1c(C#N)c(N2CCCC2)n(C)c1C=C.CC. The van der Waals surface area contributed by atoms with Gasteiger partial charge >= 0.3 is 0 Å². The summed E-state index contributed by atoms with van der Waals surface area (Å²) >= 11 is 0. The summed E-state index contributed by atoms with van der Waals surface area (Å²) in [4.78, 5) is 2.28. The quantitative estimate of drug-likeness (QED) is 0.824. The molecule has 2 rings (SSSR count). The normalized spacial score (nSPS) is 13.5. The molecule has 0 aromatic carbocycles. The standard InChI is InChI=1S/C14H17N3.C2H6/c1-4-11-12(10-15)14(16(3)13(11)5-2)17-8-6-7-9-17;1-2/h4-5H,1-2,6-9H2,3H3;1-2H3. The van der Waals surface area contributed by atoms with E-state index in [-0.39, 0.29) is 0 Å². The lowest BCUT2D eigenvalue weighted by atomic mass is 10.1. The van der Waals surface area contributed by atoms with Gasteiger partial charge in [-0.3, -0.25) is 0 Å².